The number of carbonyl (C=O) groups excluding carboxylic acids is 2. The van der Waals surface area contributed by atoms with Gasteiger partial charge in [0.05, 0.1) is 23.5 Å². The van der Waals surface area contributed by atoms with Crippen molar-refractivity contribution in [3.05, 3.63) is 70.1 Å². The van der Waals surface area contributed by atoms with Crippen molar-refractivity contribution in [1.82, 2.24) is 0 Å². The lowest BCUT2D eigenvalue weighted by Crippen LogP contribution is -2.32. The number of rotatable bonds is 6. The summed E-state index contributed by atoms with van der Waals surface area (Å²) in [4.78, 5) is 36.3. The van der Waals surface area contributed by atoms with E-state index in [0.717, 1.165) is 0 Å². The number of para-hydroxylation sites is 1. The molecule has 0 bridgehead atoms. The van der Waals surface area contributed by atoms with Crippen molar-refractivity contribution in [3.63, 3.8) is 0 Å². The average Bonchev–Trinajstić information content (AvgIpc) is 3.14. The van der Waals surface area contributed by atoms with Crippen molar-refractivity contribution in [2.75, 3.05) is 13.2 Å². The Morgan fingerprint density at radius 3 is 2.53 bits per heavy atom. The molecule has 3 aromatic rings. The molecule has 154 valence electrons. The molecule has 2 atom stereocenters. The van der Waals surface area contributed by atoms with Crippen LogP contribution >= 0.6 is 0 Å². The molecule has 2 unspecified atom stereocenters. The first-order valence-corrected chi connectivity index (χ1v) is 9.39. The van der Waals surface area contributed by atoms with Crippen LogP contribution in [0.15, 0.2) is 57.7 Å². The lowest BCUT2D eigenvalue weighted by molar-refractivity contribution is -0.151. The fraction of sp³-hybridized carbons (Fsp3) is 0.227. The molecule has 0 spiro atoms. The first-order chi connectivity index (χ1) is 14.5. The first-order valence-electron chi connectivity index (χ1n) is 9.39. The van der Waals surface area contributed by atoms with Gasteiger partial charge in [0.15, 0.2) is 6.61 Å². The number of fused-ring (bicyclic) bond motifs is 3. The van der Waals surface area contributed by atoms with Crippen LogP contribution in [0.25, 0.3) is 11.0 Å². The lowest BCUT2D eigenvalue weighted by Gasteiger charge is -2.17. The van der Waals surface area contributed by atoms with Crippen LogP contribution in [0.5, 0.6) is 11.5 Å². The van der Waals surface area contributed by atoms with E-state index in [1.807, 2.05) is 0 Å². The number of hydrogen-bond acceptors (Lipinski definition) is 7. The Morgan fingerprint density at radius 1 is 1.10 bits per heavy atom. The Hall–Kier alpha value is -3.81. The molecule has 8 heteroatoms. The molecule has 2 heterocycles. The third-order valence-electron chi connectivity index (χ3n) is 4.80. The third-order valence-corrected chi connectivity index (χ3v) is 4.80. The van der Waals surface area contributed by atoms with Crippen molar-refractivity contribution in [2.24, 2.45) is 5.73 Å². The van der Waals surface area contributed by atoms with Gasteiger partial charge in [-0.3, -0.25) is 4.79 Å². The van der Waals surface area contributed by atoms with Gasteiger partial charge in [0.25, 0.3) is 5.91 Å². The molecule has 1 aliphatic rings. The molecule has 0 saturated heterocycles. The summed E-state index contributed by atoms with van der Waals surface area (Å²) in [5.41, 5.74) is 5.79. The lowest BCUT2D eigenvalue weighted by atomic mass is 9.88. The quantitative estimate of drug-likeness (QED) is 0.489. The molecule has 0 radical (unpaired) electrons. The van der Waals surface area contributed by atoms with Crippen molar-refractivity contribution in [1.29, 1.82) is 0 Å². The second kappa shape index (κ2) is 7.90. The van der Waals surface area contributed by atoms with E-state index < -0.39 is 29.5 Å². The van der Waals surface area contributed by atoms with Crippen LogP contribution in [0.3, 0.4) is 0 Å². The van der Waals surface area contributed by atoms with Crippen LogP contribution < -0.4 is 20.8 Å². The van der Waals surface area contributed by atoms with E-state index in [4.69, 9.17) is 24.4 Å². The summed E-state index contributed by atoms with van der Waals surface area (Å²) in [7, 11) is 0. The van der Waals surface area contributed by atoms with Gasteiger partial charge in [-0.25, -0.2) is 9.59 Å². The Morgan fingerprint density at radius 2 is 1.83 bits per heavy atom. The van der Waals surface area contributed by atoms with Crippen LogP contribution in [-0.4, -0.2) is 31.2 Å². The van der Waals surface area contributed by atoms with Gasteiger partial charge >= 0.3 is 11.6 Å². The van der Waals surface area contributed by atoms with E-state index in [-0.39, 0.29) is 18.8 Å². The van der Waals surface area contributed by atoms with E-state index >= 15 is 0 Å². The van der Waals surface area contributed by atoms with Crippen LogP contribution in [0.2, 0.25) is 0 Å². The summed E-state index contributed by atoms with van der Waals surface area (Å²) in [5.74, 6) is -1.14. The largest absolute Gasteiger partial charge is 0.484 e. The number of ether oxygens (including phenoxy) is 3. The predicted molar refractivity (Wildman–Crippen MR) is 107 cm³/mol. The number of esters is 1. The second-order valence-corrected chi connectivity index (χ2v) is 6.72. The van der Waals surface area contributed by atoms with E-state index in [9.17, 15) is 14.4 Å². The van der Waals surface area contributed by atoms with Gasteiger partial charge in [-0.1, -0.05) is 24.3 Å². The molecule has 1 aromatic heterocycles. The van der Waals surface area contributed by atoms with Gasteiger partial charge in [0, 0.05) is 0 Å². The monoisotopic (exact) mass is 409 g/mol. The van der Waals surface area contributed by atoms with Gasteiger partial charge in [-0.15, -0.1) is 0 Å². The molecule has 8 nitrogen and oxygen atoms in total. The summed E-state index contributed by atoms with van der Waals surface area (Å²) in [6.45, 7) is 1.62. The highest BCUT2D eigenvalue weighted by Crippen LogP contribution is 2.44. The molecule has 1 aliphatic heterocycles. The van der Waals surface area contributed by atoms with Crippen LogP contribution in [0.4, 0.5) is 0 Å². The van der Waals surface area contributed by atoms with Gasteiger partial charge in [-0.05, 0) is 36.8 Å². The Kier molecular flexibility index (Phi) is 5.14. The average molecular weight is 409 g/mol. The predicted octanol–water partition coefficient (Wildman–Crippen LogP) is 2.11. The number of benzene rings is 2. The summed E-state index contributed by atoms with van der Waals surface area (Å²) in [6, 6.07) is 13.6. The Bertz CT molecular complexity index is 1170. The van der Waals surface area contributed by atoms with Gasteiger partial charge in [-0.2, -0.15) is 0 Å². The maximum Gasteiger partial charge on any atom is 0.348 e. The van der Waals surface area contributed by atoms with E-state index in [1.165, 1.54) is 0 Å². The molecule has 0 saturated carbocycles. The number of amides is 1. The van der Waals surface area contributed by atoms with E-state index in [2.05, 4.69) is 0 Å². The minimum atomic E-state index is -1.04. The normalized spacial score (nSPS) is 17.2. The van der Waals surface area contributed by atoms with Crippen LogP contribution in [-0.2, 0) is 14.3 Å². The maximum atomic E-state index is 12.8. The number of primary amides is 1. The van der Waals surface area contributed by atoms with Crippen molar-refractivity contribution < 1.29 is 28.2 Å². The van der Waals surface area contributed by atoms with Crippen molar-refractivity contribution in [2.45, 2.75) is 18.9 Å². The first kappa shape index (κ1) is 19.5. The fourth-order valence-corrected chi connectivity index (χ4v) is 3.55. The molecular formula is C22H19NO7. The molecule has 2 aromatic carbocycles. The van der Waals surface area contributed by atoms with Gasteiger partial charge in [0.1, 0.15) is 17.1 Å². The summed E-state index contributed by atoms with van der Waals surface area (Å²) in [5, 5.41) is 0.602. The Labute approximate surface area is 171 Å². The molecule has 30 heavy (non-hydrogen) atoms. The molecular weight excluding hydrogens is 390 g/mol. The van der Waals surface area contributed by atoms with E-state index in [1.54, 1.807) is 55.5 Å². The summed E-state index contributed by atoms with van der Waals surface area (Å²) < 4.78 is 21.9. The third kappa shape index (κ3) is 3.47. The van der Waals surface area contributed by atoms with Crippen molar-refractivity contribution in [3.8, 4) is 11.5 Å². The minimum absolute atomic E-state index is 0.178. The molecule has 2 N–H and O–H groups in total. The number of hydrogen-bond donors (Lipinski definition) is 1. The SMILES string of the molecule is CCOC(=O)C1Oc2c(c(=O)oc3ccccc23)C1c1ccc(OCC(N)=O)cc1. The minimum Gasteiger partial charge on any atom is -0.484 e. The number of nitrogens with two attached hydrogens (primary N) is 1. The highest BCUT2D eigenvalue weighted by atomic mass is 16.6. The highest BCUT2D eigenvalue weighted by Gasteiger charge is 2.45. The zero-order chi connectivity index (χ0) is 21.3. The highest BCUT2D eigenvalue weighted by molar-refractivity contribution is 5.88. The van der Waals surface area contributed by atoms with Gasteiger partial charge < -0.3 is 24.4 Å². The second-order valence-electron chi connectivity index (χ2n) is 6.72. The zero-order valence-electron chi connectivity index (χ0n) is 16.1. The topological polar surface area (TPSA) is 118 Å². The van der Waals surface area contributed by atoms with E-state index in [0.29, 0.717) is 28.0 Å². The summed E-state index contributed by atoms with van der Waals surface area (Å²) >= 11 is 0. The van der Waals surface area contributed by atoms with Gasteiger partial charge in [0.2, 0.25) is 6.10 Å². The molecule has 1 amide bonds. The summed E-state index contributed by atoms with van der Waals surface area (Å²) in [6.07, 6.45) is -1.04. The molecule has 4 rings (SSSR count). The van der Waals surface area contributed by atoms with Crippen LogP contribution in [0, 0.1) is 0 Å². The number of carbonyl (C=O) groups is 2. The van der Waals surface area contributed by atoms with Crippen LogP contribution in [0.1, 0.15) is 24.0 Å². The standard InChI is InChI=1S/C22H19NO7/c1-2-27-22(26)20-17(12-7-9-13(10-8-12)28-11-16(23)24)18-19(30-20)14-5-3-4-6-15(14)29-21(18)25/h3-10,17,20H,2,11H2,1H3,(H2,23,24). The molecule has 0 aliphatic carbocycles. The smallest absolute Gasteiger partial charge is 0.348 e. The molecule has 0 fully saturated rings. The maximum absolute atomic E-state index is 12.8. The zero-order valence-corrected chi connectivity index (χ0v) is 16.1. The fourth-order valence-electron chi connectivity index (χ4n) is 3.55. The Balaban J connectivity index is 1.80. The van der Waals surface area contributed by atoms with Crippen molar-refractivity contribution >= 4 is 22.8 Å².